The fourth-order valence-corrected chi connectivity index (χ4v) is 3.90. The number of benzene rings is 2. The molecule has 3 aromatic rings. The van der Waals surface area contributed by atoms with Crippen molar-refractivity contribution >= 4 is 10.9 Å². The van der Waals surface area contributed by atoms with Crippen molar-refractivity contribution in [3.63, 3.8) is 0 Å². The van der Waals surface area contributed by atoms with Crippen LogP contribution in [0.4, 0.5) is 0 Å². The number of rotatable bonds is 1. The van der Waals surface area contributed by atoms with Crippen LogP contribution in [-0.4, -0.2) is 11.5 Å². The van der Waals surface area contributed by atoms with E-state index in [1.54, 1.807) is 0 Å². The molecule has 2 aromatic carbocycles. The van der Waals surface area contributed by atoms with Gasteiger partial charge in [-0.05, 0) is 74.1 Å². The predicted octanol–water partition coefficient (Wildman–Crippen LogP) is 4.64. The summed E-state index contributed by atoms with van der Waals surface area (Å²) in [5.41, 5.74) is 10.9. The van der Waals surface area contributed by atoms with E-state index < -0.39 is 0 Å². The monoisotopic (exact) mass is 304 g/mol. The van der Waals surface area contributed by atoms with Crippen molar-refractivity contribution in [2.45, 2.75) is 40.2 Å². The molecular weight excluding hydrogens is 280 g/mol. The van der Waals surface area contributed by atoms with E-state index in [1.807, 2.05) is 0 Å². The summed E-state index contributed by atoms with van der Waals surface area (Å²) < 4.78 is 0. The summed E-state index contributed by atoms with van der Waals surface area (Å²) in [7, 11) is 0. The second-order valence-corrected chi connectivity index (χ2v) is 7.00. The highest BCUT2D eigenvalue weighted by Gasteiger charge is 2.26. The zero-order valence-corrected chi connectivity index (χ0v) is 14.4. The summed E-state index contributed by atoms with van der Waals surface area (Å²) in [5.74, 6) is 0. The lowest BCUT2D eigenvalue weighted by Gasteiger charge is -2.27. The Kier molecular flexibility index (Phi) is 3.31. The van der Waals surface area contributed by atoms with Crippen molar-refractivity contribution < 1.29 is 0 Å². The molecule has 23 heavy (non-hydrogen) atoms. The number of nitrogens with one attached hydrogen (secondary N) is 2. The standard InChI is InChI=1S/C21H24N2/c1-12-5-6-19-18(9-12)16-7-8-22-20(21(16)23-19)17-11-14(3)13(2)10-15(17)4/h5-6,9-11,20,22-23H,7-8H2,1-4H3. The van der Waals surface area contributed by atoms with E-state index in [9.17, 15) is 0 Å². The molecule has 0 radical (unpaired) electrons. The van der Waals surface area contributed by atoms with Gasteiger partial charge in [-0.2, -0.15) is 0 Å². The Balaban J connectivity index is 1.91. The average molecular weight is 304 g/mol. The first-order chi connectivity index (χ1) is 11.0. The molecular formula is C21H24N2. The Morgan fingerprint density at radius 2 is 1.70 bits per heavy atom. The summed E-state index contributed by atoms with van der Waals surface area (Å²) in [6, 6.07) is 11.7. The molecule has 4 rings (SSSR count). The fourth-order valence-electron chi connectivity index (χ4n) is 3.90. The van der Waals surface area contributed by atoms with Gasteiger partial charge in [0.05, 0.1) is 6.04 Å². The molecule has 0 saturated carbocycles. The molecule has 1 atom stereocenters. The van der Waals surface area contributed by atoms with E-state index in [0.717, 1.165) is 13.0 Å². The molecule has 1 aromatic heterocycles. The quantitative estimate of drug-likeness (QED) is 0.673. The zero-order valence-electron chi connectivity index (χ0n) is 14.4. The van der Waals surface area contributed by atoms with Crippen molar-refractivity contribution in [2.24, 2.45) is 0 Å². The van der Waals surface area contributed by atoms with Gasteiger partial charge in [0.15, 0.2) is 0 Å². The Bertz CT molecular complexity index is 902. The summed E-state index contributed by atoms with van der Waals surface area (Å²) >= 11 is 0. The van der Waals surface area contributed by atoms with Crippen molar-refractivity contribution in [1.29, 1.82) is 0 Å². The highest BCUT2D eigenvalue weighted by Crippen LogP contribution is 2.35. The summed E-state index contributed by atoms with van der Waals surface area (Å²) in [5, 5.41) is 5.12. The molecule has 0 aliphatic carbocycles. The predicted molar refractivity (Wildman–Crippen MR) is 97.2 cm³/mol. The second kappa shape index (κ2) is 5.24. The maximum atomic E-state index is 3.72. The molecule has 0 fully saturated rings. The third-order valence-electron chi connectivity index (χ3n) is 5.30. The van der Waals surface area contributed by atoms with E-state index in [-0.39, 0.29) is 6.04 Å². The van der Waals surface area contributed by atoms with Crippen molar-refractivity contribution in [2.75, 3.05) is 6.54 Å². The molecule has 1 aliphatic rings. The fraction of sp³-hybridized carbons (Fsp3) is 0.333. The van der Waals surface area contributed by atoms with E-state index in [4.69, 9.17) is 0 Å². The number of aromatic nitrogens is 1. The van der Waals surface area contributed by atoms with Gasteiger partial charge in [-0.25, -0.2) is 0 Å². The molecule has 118 valence electrons. The molecule has 2 N–H and O–H groups in total. The van der Waals surface area contributed by atoms with Crippen LogP contribution in [0.2, 0.25) is 0 Å². The number of fused-ring (bicyclic) bond motifs is 3. The van der Waals surface area contributed by atoms with Crippen LogP contribution in [0.3, 0.4) is 0 Å². The van der Waals surface area contributed by atoms with Crippen molar-refractivity contribution in [3.05, 3.63) is 69.4 Å². The average Bonchev–Trinajstić information content (AvgIpc) is 2.89. The minimum absolute atomic E-state index is 0.269. The number of H-pyrrole nitrogens is 1. The number of aryl methyl sites for hydroxylation is 4. The summed E-state index contributed by atoms with van der Waals surface area (Å²) in [6.45, 7) is 9.83. The Labute approximate surface area is 137 Å². The van der Waals surface area contributed by atoms with Gasteiger partial charge in [-0.3, -0.25) is 0 Å². The minimum atomic E-state index is 0.269. The smallest absolute Gasteiger partial charge is 0.0735 e. The van der Waals surface area contributed by atoms with Gasteiger partial charge in [0.2, 0.25) is 0 Å². The summed E-state index contributed by atoms with van der Waals surface area (Å²) in [6.07, 6.45) is 1.10. The maximum absolute atomic E-state index is 3.72. The van der Waals surface area contributed by atoms with Gasteiger partial charge in [-0.15, -0.1) is 0 Å². The zero-order chi connectivity index (χ0) is 16.1. The highest BCUT2D eigenvalue weighted by atomic mass is 15.0. The molecule has 0 amide bonds. The van der Waals surface area contributed by atoms with E-state index in [2.05, 4.69) is 68.3 Å². The van der Waals surface area contributed by atoms with Crippen LogP contribution < -0.4 is 5.32 Å². The first-order valence-corrected chi connectivity index (χ1v) is 8.47. The lowest BCUT2D eigenvalue weighted by Crippen LogP contribution is -2.31. The highest BCUT2D eigenvalue weighted by molar-refractivity contribution is 5.86. The molecule has 1 unspecified atom stereocenters. The lowest BCUT2D eigenvalue weighted by atomic mass is 9.89. The van der Waals surface area contributed by atoms with Gasteiger partial charge in [0.1, 0.15) is 0 Å². The van der Waals surface area contributed by atoms with E-state index in [1.165, 1.54) is 50.0 Å². The number of hydrogen-bond acceptors (Lipinski definition) is 1. The normalized spacial score (nSPS) is 17.5. The topological polar surface area (TPSA) is 27.8 Å². The van der Waals surface area contributed by atoms with Crippen LogP contribution in [0.15, 0.2) is 30.3 Å². The third-order valence-corrected chi connectivity index (χ3v) is 5.30. The van der Waals surface area contributed by atoms with Gasteiger partial charge in [0, 0.05) is 23.1 Å². The largest absolute Gasteiger partial charge is 0.357 e. The Hall–Kier alpha value is -2.06. The van der Waals surface area contributed by atoms with Gasteiger partial charge in [0.25, 0.3) is 0 Å². The second-order valence-electron chi connectivity index (χ2n) is 7.00. The third kappa shape index (κ3) is 2.29. The summed E-state index contributed by atoms with van der Waals surface area (Å²) in [4.78, 5) is 3.69. The van der Waals surface area contributed by atoms with Crippen LogP contribution in [0.25, 0.3) is 10.9 Å². The van der Waals surface area contributed by atoms with Crippen LogP contribution in [0.5, 0.6) is 0 Å². The maximum Gasteiger partial charge on any atom is 0.0735 e. The Morgan fingerprint density at radius 3 is 2.52 bits per heavy atom. The molecule has 2 heterocycles. The van der Waals surface area contributed by atoms with Gasteiger partial charge < -0.3 is 10.3 Å². The Morgan fingerprint density at radius 1 is 0.913 bits per heavy atom. The molecule has 0 spiro atoms. The van der Waals surface area contributed by atoms with Gasteiger partial charge >= 0.3 is 0 Å². The SMILES string of the molecule is Cc1ccc2[nH]c3c(c2c1)CCNC3c1cc(C)c(C)cc1C. The van der Waals surface area contributed by atoms with Crippen molar-refractivity contribution in [3.8, 4) is 0 Å². The first-order valence-electron chi connectivity index (χ1n) is 8.47. The molecule has 2 nitrogen and oxygen atoms in total. The van der Waals surface area contributed by atoms with Gasteiger partial charge in [-0.1, -0.05) is 23.8 Å². The van der Waals surface area contributed by atoms with Crippen LogP contribution in [0.1, 0.15) is 45.1 Å². The molecule has 0 saturated heterocycles. The van der Waals surface area contributed by atoms with E-state index in [0.29, 0.717) is 0 Å². The van der Waals surface area contributed by atoms with Crippen molar-refractivity contribution in [1.82, 2.24) is 10.3 Å². The van der Waals surface area contributed by atoms with Crippen LogP contribution in [0, 0.1) is 27.7 Å². The van der Waals surface area contributed by atoms with Crippen LogP contribution >= 0.6 is 0 Å². The molecule has 1 aliphatic heterocycles. The van der Waals surface area contributed by atoms with Crippen LogP contribution in [-0.2, 0) is 6.42 Å². The lowest BCUT2D eigenvalue weighted by molar-refractivity contribution is 0.558. The number of aromatic amines is 1. The molecule has 2 heteroatoms. The van der Waals surface area contributed by atoms with E-state index >= 15 is 0 Å². The number of hydrogen-bond donors (Lipinski definition) is 2. The minimum Gasteiger partial charge on any atom is -0.357 e. The molecule has 0 bridgehead atoms. The first kappa shape index (κ1) is 14.5.